The molecule has 1 atom stereocenters. The van der Waals surface area contributed by atoms with Gasteiger partial charge in [0.2, 0.25) is 0 Å². The minimum atomic E-state index is -0.228. The predicted molar refractivity (Wildman–Crippen MR) is 105 cm³/mol. The number of aryl methyl sites for hydroxylation is 2. The molecule has 0 saturated carbocycles. The molecule has 0 radical (unpaired) electrons. The average molecular weight is 377 g/mol. The zero-order valence-corrected chi connectivity index (χ0v) is 16.0. The van der Waals surface area contributed by atoms with Crippen LogP contribution in [-0.4, -0.2) is 42.1 Å². The molecule has 8 heteroatoms. The van der Waals surface area contributed by atoms with Crippen molar-refractivity contribution >= 4 is 11.7 Å². The van der Waals surface area contributed by atoms with Crippen molar-refractivity contribution in [1.82, 2.24) is 29.6 Å². The molecular weight excluding hydrogens is 354 g/mol. The summed E-state index contributed by atoms with van der Waals surface area (Å²) in [4.78, 5) is 28.5. The number of carbonyl (C=O) groups is 1. The molecule has 1 saturated heterocycles. The van der Waals surface area contributed by atoms with Crippen LogP contribution in [0.15, 0.2) is 42.9 Å². The largest absolute Gasteiger partial charge is 0.306 e. The Kier molecular flexibility index (Phi) is 5.12. The number of hydrogen-bond acceptors (Lipinski definition) is 6. The first-order valence-corrected chi connectivity index (χ1v) is 9.38. The van der Waals surface area contributed by atoms with Crippen LogP contribution in [0.4, 0.5) is 5.82 Å². The van der Waals surface area contributed by atoms with Crippen LogP contribution in [0.25, 0.3) is 0 Å². The predicted octanol–water partition coefficient (Wildman–Crippen LogP) is 2.50. The van der Waals surface area contributed by atoms with Gasteiger partial charge in [0.25, 0.3) is 5.91 Å². The molecule has 4 rings (SSSR count). The number of pyridine rings is 1. The summed E-state index contributed by atoms with van der Waals surface area (Å²) in [6.45, 7) is 3.67. The molecule has 1 aliphatic rings. The van der Waals surface area contributed by atoms with Crippen molar-refractivity contribution in [3.8, 4) is 0 Å². The molecule has 144 valence electrons. The number of anilines is 1. The van der Waals surface area contributed by atoms with Crippen LogP contribution >= 0.6 is 0 Å². The third-order valence-corrected chi connectivity index (χ3v) is 4.83. The maximum atomic E-state index is 12.4. The number of amides is 1. The van der Waals surface area contributed by atoms with E-state index in [0.717, 1.165) is 43.1 Å². The van der Waals surface area contributed by atoms with E-state index in [1.807, 2.05) is 31.3 Å². The van der Waals surface area contributed by atoms with Gasteiger partial charge in [-0.15, -0.1) is 0 Å². The van der Waals surface area contributed by atoms with Gasteiger partial charge in [-0.3, -0.25) is 19.4 Å². The fraction of sp³-hybridized carbons (Fsp3) is 0.350. The number of rotatable bonds is 5. The van der Waals surface area contributed by atoms with E-state index in [9.17, 15) is 4.79 Å². The molecule has 4 heterocycles. The summed E-state index contributed by atoms with van der Waals surface area (Å²) < 4.78 is 1.60. The lowest BCUT2D eigenvalue weighted by Crippen LogP contribution is -2.25. The molecule has 3 aromatic heterocycles. The van der Waals surface area contributed by atoms with Gasteiger partial charge in [-0.1, -0.05) is 6.07 Å². The Morgan fingerprint density at radius 2 is 2.21 bits per heavy atom. The van der Waals surface area contributed by atoms with Crippen LogP contribution in [0.1, 0.15) is 46.5 Å². The number of nitrogens with one attached hydrogen (secondary N) is 1. The third kappa shape index (κ3) is 4.07. The second-order valence-corrected chi connectivity index (χ2v) is 7.06. The minimum absolute atomic E-state index is 0.121. The highest BCUT2D eigenvalue weighted by Crippen LogP contribution is 2.31. The van der Waals surface area contributed by atoms with E-state index in [2.05, 4.69) is 30.3 Å². The summed E-state index contributed by atoms with van der Waals surface area (Å²) in [6, 6.07) is 7.87. The molecule has 1 amide bonds. The number of nitrogens with zero attached hydrogens (tertiary/aromatic N) is 6. The van der Waals surface area contributed by atoms with Crippen molar-refractivity contribution in [2.45, 2.75) is 32.4 Å². The smallest absolute Gasteiger partial charge is 0.260 e. The Hall–Kier alpha value is -3.13. The van der Waals surface area contributed by atoms with Crippen molar-refractivity contribution in [1.29, 1.82) is 0 Å². The lowest BCUT2D eigenvalue weighted by atomic mass is 10.2. The lowest BCUT2D eigenvalue weighted by Gasteiger charge is -2.23. The molecule has 1 fully saturated rings. The fourth-order valence-electron chi connectivity index (χ4n) is 3.54. The highest BCUT2D eigenvalue weighted by molar-refractivity contribution is 6.03. The zero-order valence-electron chi connectivity index (χ0n) is 16.0. The molecule has 8 nitrogen and oxygen atoms in total. The first kappa shape index (κ1) is 18.2. The summed E-state index contributed by atoms with van der Waals surface area (Å²) in [5, 5.41) is 6.90. The molecule has 3 aromatic rings. The van der Waals surface area contributed by atoms with E-state index in [4.69, 9.17) is 0 Å². The van der Waals surface area contributed by atoms with E-state index >= 15 is 0 Å². The molecule has 28 heavy (non-hydrogen) atoms. The Morgan fingerprint density at radius 1 is 1.32 bits per heavy atom. The van der Waals surface area contributed by atoms with Crippen LogP contribution < -0.4 is 5.32 Å². The second kappa shape index (κ2) is 7.85. The maximum Gasteiger partial charge on any atom is 0.260 e. The standard InChI is InChI=1S/C20H23N7O/c1-14-10-18(25-20(28)15-11-22-26(2)12-15)24-19(23-14)17-7-5-9-27(17)13-16-6-3-4-8-21-16/h3-4,6,8,10-12,17H,5,7,9,13H2,1-2H3,(H,23,24,25,28). The molecule has 0 spiro atoms. The first-order chi connectivity index (χ1) is 13.6. The highest BCUT2D eigenvalue weighted by atomic mass is 16.1. The van der Waals surface area contributed by atoms with Crippen molar-refractivity contribution in [2.24, 2.45) is 7.05 Å². The van der Waals surface area contributed by atoms with E-state index in [-0.39, 0.29) is 11.9 Å². The average Bonchev–Trinajstić information content (AvgIpc) is 3.31. The third-order valence-electron chi connectivity index (χ3n) is 4.83. The van der Waals surface area contributed by atoms with E-state index in [1.54, 1.807) is 24.0 Å². The van der Waals surface area contributed by atoms with Crippen LogP contribution in [0, 0.1) is 6.92 Å². The summed E-state index contributed by atoms with van der Waals surface area (Å²) in [5.74, 6) is 1.03. The Morgan fingerprint density at radius 3 is 2.96 bits per heavy atom. The van der Waals surface area contributed by atoms with Gasteiger partial charge >= 0.3 is 0 Å². The second-order valence-electron chi connectivity index (χ2n) is 7.06. The van der Waals surface area contributed by atoms with Gasteiger partial charge in [-0.2, -0.15) is 5.10 Å². The van der Waals surface area contributed by atoms with Gasteiger partial charge in [-0.25, -0.2) is 9.97 Å². The van der Waals surface area contributed by atoms with Crippen LogP contribution in [0.3, 0.4) is 0 Å². The molecule has 0 aliphatic carbocycles. The molecule has 1 unspecified atom stereocenters. The summed E-state index contributed by atoms with van der Waals surface area (Å²) >= 11 is 0. The molecule has 0 bridgehead atoms. The number of hydrogen-bond donors (Lipinski definition) is 1. The highest BCUT2D eigenvalue weighted by Gasteiger charge is 2.29. The summed E-state index contributed by atoms with van der Waals surface area (Å²) in [5.41, 5.74) is 2.36. The summed E-state index contributed by atoms with van der Waals surface area (Å²) in [7, 11) is 1.78. The van der Waals surface area contributed by atoms with Crippen molar-refractivity contribution < 1.29 is 4.79 Å². The summed E-state index contributed by atoms with van der Waals surface area (Å²) in [6.07, 6.45) is 7.11. The van der Waals surface area contributed by atoms with Crippen LogP contribution in [-0.2, 0) is 13.6 Å². The van der Waals surface area contributed by atoms with Gasteiger partial charge in [0.05, 0.1) is 23.5 Å². The van der Waals surface area contributed by atoms with E-state index < -0.39 is 0 Å². The number of aromatic nitrogens is 5. The number of likely N-dealkylation sites (tertiary alicyclic amines) is 1. The maximum absolute atomic E-state index is 12.4. The van der Waals surface area contributed by atoms with Crippen LogP contribution in [0.5, 0.6) is 0 Å². The van der Waals surface area contributed by atoms with E-state index in [0.29, 0.717) is 11.4 Å². The lowest BCUT2D eigenvalue weighted by molar-refractivity contribution is 0.102. The van der Waals surface area contributed by atoms with Gasteiger partial charge in [0.1, 0.15) is 11.6 Å². The normalized spacial score (nSPS) is 17.0. The SMILES string of the molecule is Cc1cc(NC(=O)c2cnn(C)c2)nc(C2CCCN2Cc2ccccn2)n1. The molecule has 1 N–H and O–H groups in total. The Bertz CT molecular complexity index is 970. The van der Waals surface area contributed by atoms with Crippen molar-refractivity contribution in [2.75, 3.05) is 11.9 Å². The minimum Gasteiger partial charge on any atom is -0.306 e. The Balaban J connectivity index is 1.53. The van der Waals surface area contributed by atoms with Crippen LogP contribution in [0.2, 0.25) is 0 Å². The quantitative estimate of drug-likeness (QED) is 0.735. The number of carbonyl (C=O) groups excluding carboxylic acids is 1. The van der Waals surface area contributed by atoms with Crippen molar-refractivity contribution in [3.63, 3.8) is 0 Å². The topological polar surface area (TPSA) is 88.8 Å². The Labute approximate surface area is 163 Å². The van der Waals surface area contributed by atoms with Crippen molar-refractivity contribution in [3.05, 3.63) is 65.6 Å². The molecule has 1 aliphatic heterocycles. The van der Waals surface area contributed by atoms with Gasteiger partial charge < -0.3 is 5.32 Å². The first-order valence-electron chi connectivity index (χ1n) is 9.38. The molecular formula is C20H23N7O. The van der Waals surface area contributed by atoms with E-state index in [1.165, 1.54) is 6.20 Å². The van der Waals surface area contributed by atoms with Gasteiger partial charge in [0, 0.05) is 37.7 Å². The fourth-order valence-corrected chi connectivity index (χ4v) is 3.54. The van der Waals surface area contributed by atoms with Gasteiger partial charge in [0.15, 0.2) is 0 Å². The zero-order chi connectivity index (χ0) is 19.5. The van der Waals surface area contributed by atoms with Gasteiger partial charge in [-0.05, 0) is 38.4 Å². The monoisotopic (exact) mass is 377 g/mol. The molecule has 0 aromatic carbocycles.